The highest BCUT2D eigenvalue weighted by atomic mass is 16.6. The fourth-order valence-corrected chi connectivity index (χ4v) is 2.34. The number of para-hydroxylation sites is 1. The minimum absolute atomic E-state index is 0.0540. The molecule has 7 heteroatoms. The first-order chi connectivity index (χ1) is 11.6. The summed E-state index contributed by atoms with van der Waals surface area (Å²) < 4.78 is 1.71. The molecule has 0 spiro atoms. The van der Waals surface area contributed by atoms with Crippen LogP contribution in [0.2, 0.25) is 0 Å². The summed E-state index contributed by atoms with van der Waals surface area (Å²) in [6.07, 6.45) is 3.45. The fraction of sp³-hybridized carbons (Fsp3) is 0.0588. The van der Waals surface area contributed by atoms with Crippen molar-refractivity contribution in [3.8, 4) is 5.69 Å². The lowest BCUT2D eigenvalue weighted by atomic mass is 10.1. The number of nitro groups is 1. The number of aromatic nitrogens is 2. The zero-order valence-electron chi connectivity index (χ0n) is 12.6. The molecule has 1 N–H and O–H groups in total. The van der Waals surface area contributed by atoms with Crippen molar-refractivity contribution in [3.05, 3.63) is 82.7 Å². The van der Waals surface area contributed by atoms with Gasteiger partial charge in [0.15, 0.2) is 0 Å². The first-order valence-electron chi connectivity index (χ1n) is 7.26. The van der Waals surface area contributed by atoms with Gasteiger partial charge in [0.25, 0.3) is 5.69 Å². The molecule has 0 aliphatic carbocycles. The monoisotopic (exact) mass is 322 g/mol. The summed E-state index contributed by atoms with van der Waals surface area (Å²) in [5, 5.41) is 17.8. The third-order valence-corrected chi connectivity index (χ3v) is 3.46. The highest BCUT2D eigenvalue weighted by Gasteiger charge is 2.15. The molecule has 0 unspecified atom stereocenters. The van der Waals surface area contributed by atoms with E-state index in [1.54, 1.807) is 41.2 Å². The minimum Gasteiger partial charge on any atom is -0.326 e. The molecular formula is C17H14N4O3. The van der Waals surface area contributed by atoms with E-state index in [9.17, 15) is 14.9 Å². The van der Waals surface area contributed by atoms with Crippen LogP contribution in [0, 0.1) is 10.1 Å². The average molecular weight is 322 g/mol. The molecule has 0 saturated heterocycles. The fourth-order valence-electron chi connectivity index (χ4n) is 2.34. The van der Waals surface area contributed by atoms with Gasteiger partial charge in [0.05, 0.1) is 17.0 Å². The number of carbonyl (C=O) groups excluding carboxylic acids is 1. The summed E-state index contributed by atoms with van der Waals surface area (Å²) in [4.78, 5) is 22.6. The van der Waals surface area contributed by atoms with E-state index in [1.165, 1.54) is 6.07 Å². The van der Waals surface area contributed by atoms with Gasteiger partial charge in [-0.2, -0.15) is 5.10 Å². The van der Waals surface area contributed by atoms with Gasteiger partial charge >= 0.3 is 0 Å². The van der Waals surface area contributed by atoms with E-state index in [-0.39, 0.29) is 18.0 Å². The molecule has 0 saturated carbocycles. The third-order valence-electron chi connectivity index (χ3n) is 3.46. The topological polar surface area (TPSA) is 90.1 Å². The van der Waals surface area contributed by atoms with Crippen LogP contribution in [0.3, 0.4) is 0 Å². The molecule has 2 aromatic carbocycles. The van der Waals surface area contributed by atoms with Crippen molar-refractivity contribution in [2.75, 3.05) is 5.32 Å². The van der Waals surface area contributed by atoms with Gasteiger partial charge in [-0.1, -0.05) is 18.2 Å². The van der Waals surface area contributed by atoms with Crippen molar-refractivity contribution >= 4 is 17.3 Å². The predicted octanol–water partition coefficient (Wildman–Crippen LogP) is 2.96. The second kappa shape index (κ2) is 6.74. The van der Waals surface area contributed by atoms with Gasteiger partial charge in [-0.25, -0.2) is 4.68 Å². The molecule has 0 fully saturated rings. The zero-order chi connectivity index (χ0) is 16.9. The second-order valence-corrected chi connectivity index (χ2v) is 5.11. The molecule has 0 aliphatic rings. The Morgan fingerprint density at radius 3 is 2.54 bits per heavy atom. The Bertz CT molecular complexity index is 858. The maximum Gasteiger partial charge on any atom is 0.273 e. The number of anilines is 1. The van der Waals surface area contributed by atoms with Crippen LogP contribution in [0.4, 0.5) is 11.4 Å². The Balaban J connectivity index is 1.68. The van der Waals surface area contributed by atoms with Crippen molar-refractivity contribution in [3.63, 3.8) is 0 Å². The quantitative estimate of drug-likeness (QED) is 0.577. The van der Waals surface area contributed by atoms with Gasteiger partial charge in [0.2, 0.25) is 5.91 Å². The highest BCUT2D eigenvalue weighted by Crippen LogP contribution is 2.19. The van der Waals surface area contributed by atoms with E-state index in [1.807, 2.05) is 24.4 Å². The maximum absolute atomic E-state index is 12.1. The first kappa shape index (κ1) is 15.4. The molecular weight excluding hydrogens is 308 g/mol. The number of rotatable bonds is 5. The summed E-state index contributed by atoms with van der Waals surface area (Å²) in [6.45, 7) is 0. The number of hydrogen-bond donors (Lipinski definition) is 1. The Kier molecular flexibility index (Phi) is 4.33. The van der Waals surface area contributed by atoms with Gasteiger partial charge in [0, 0.05) is 29.7 Å². The molecule has 3 rings (SSSR count). The molecule has 3 aromatic rings. The normalized spacial score (nSPS) is 10.3. The van der Waals surface area contributed by atoms with E-state index in [0.717, 1.165) is 5.69 Å². The minimum atomic E-state index is -0.485. The number of benzene rings is 2. The van der Waals surface area contributed by atoms with E-state index >= 15 is 0 Å². The van der Waals surface area contributed by atoms with E-state index < -0.39 is 4.92 Å². The van der Waals surface area contributed by atoms with Gasteiger partial charge in [-0.15, -0.1) is 0 Å². The lowest BCUT2D eigenvalue weighted by molar-refractivity contribution is -0.385. The second-order valence-electron chi connectivity index (χ2n) is 5.11. The molecule has 1 heterocycles. The Labute approximate surface area is 137 Å². The zero-order valence-corrected chi connectivity index (χ0v) is 12.6. The van der Waals surface area contributed by atoms with Crippen LogP contribution in [0.15, 0.2) is 67.0 Å². The van der Waals surface area contributed by atoms with Gasteiger partial charge in [-0.3, -0.25) is 14.9 Å². The summed E-state index contributed by atoms with van der Waals surface area (Å²) in [6, 6.07) is 15.2. The van der Waals surface area contributed by atoms with Crippen molar-refractivity contribution in [2.24, 2.45) is 0 Å². The number of amides is 1. The van der Waals surface area contributed by atoms with E-state index in [2.05, 4.69) is 10.4 Å². The van der Waals surface area contributed by atoms with Gasteiger partial charge in [0.1, 0.15) is 0 Å². The lowest BCUT2D eigenvalue weighted by Gasteiger charge is -2.07. The van der Waals surface area contributed by atoms with Crippen LogP contribution in [0.25, 0.3) is 5.69 Å². The van der Waals surface area contributed by atoms with Crippen molar-refractivity contribution < 1.29 is 9.72 Å². The number of hydrogen-bond acceptors (Lipinski definition) is 4. The van der Waals surface area contributed by atoms with Crippen LogP contribution in [-0.4, -0.2) is 20.6 Å². The van der Waals surface area contributed by atoms with Crippen LogP contribution < -0.4 is 5.32 Å². The molecule has 1 amide bonds. The Morgan fingerprint density at radius 2 is 1.88 bits per heavy atom. The largest absolute Gasteiger partial charge is 0.326 e. The highest BCUT2D eigenvalue weighted by molar-refractivity contribution is 5.92. The van der Waals surface area contributed by atoms with Gasteiger partial charge < -0.3 is 5.32 Å². The molecule has 24 heavy (non-hydrogen) atoms. The van der Waals surface area contributed by atoms with Crippen LogP contribution in [0.5, 0.6) is 0 Å². The number of nitrogens with zero attached hydrogens (tertiary/aromatic N) is 3. The van der Waals surface area contributed by atoms with Gasteiger partial charge in [-0.05, 0) is 30.3 Å². The number of nitrogens with one attached hydrogen (secondary N) is 1. The predicted molar refractivity (Wildman–Crippen MR) is 89.0 cm³/mol. The Morgan fingerprint density at radius 1 is 1.12 bits per heavy atom. The molecule has 0 aliphatic heterocycles. The van der Waals surface area contributed by atoms with Crippen molar-refractivity contribution in [1.82, 2.24) is 9.78 Å². The summed E-state index contributed by atoms with van der Waals surface area (Å²) in [5.41, 5.74) is 1.82. The SMILES string of the molecule is O=C(Cc1ccccc1[N+](=O)[O-])Nc1ccc(-n2cccn2)cc1. The standard InChI is InChI=1S/C17H14N4O3/c22-17(12-13-4-1-2-5-16(13)21(23)24)19-14-6-8-15(9-7-14)20-11-3-10-18-20/h1-11H,12H2,(H,19,22). The lowest BCUT2D eigenvalue weighted by Crippen LogP contribution is -2.15. The maximum atomic E-state index is 12.1. The van der Waals surface area contributed by atoms with Crippen LogP contribution in [0.1, 0.15) is 5.56 Å². The van der Waals surface area contributed by atoms with E-state index in [4.69, 9.17) is 0 Å². The molecule has 1 aromatic heterocycles. The summed E-state index contributed by atoms with van der Waals surface area (Å²) in [7, 11) is 0. The van der Waals surface area contributed by atoms with Crippen molar-refractivity contribution in [2.45, 2.75) is 6.42 Å². The molecule has 120 valence electrons. The van der Waals surface area contributed by atoms with Crippen LogP contribution >= 0.6 is 0 Å². The number of carbonyl (C=O) groups is 1. The summed E-state index contributed by atoms with van der Waals surface area (Å²) >= 11 is 0. The Hall–Kier alpha value is -3.48. The first-order valence-corrected chi connectivity index (χ1v) is 7.26. The van der Waals surface area contributed by atoms with E-state index in [0.29, 0.717) is 11.3 Å². The molecule has 0 bridgehead atoms. The van der Waals surface area contributed by atoms with Crippen LogP contribution in [-0.2, 0) is 11.2 Å². The molecule has 7 nitrogen and oxygen atoms in total. The summed E-state index contributed by atoms with van der Waals surface area (Å²) in [5.74, 6) is -0.309. The number of nitro benzene ring substituents is 1. The molecule has 0 radical (unpaired) electrons. The molecule has 0 atom stereocenters. The average Bonchev–Trinajstić information content (AvgIpc) is 3.10. The smallest absolute Gasteiger partial charge is 0.273 e. The van der Waals surface area contributed by atoms with Crippen molar-refractivity contribution in [1.29, 1.82) is 0 Å². The third kappa shape index (κ3) is 3.46.